The van der Waals surface area contributed by atoms with E-state index in [1.807, 2.05) is 18.7 Å². The summed E-state index contributed by atoms with van der Waals surface area (Å²) in [5.74, 6) is 0.914. The van der Waals surface area contributed by atoms with Gasteiger partial charge in [0.25, 0.3) is 5.91 Å². The van der Waals surface area contributed by atoms with Gasteiger partial charge in [-0.25, -0.2) is 9.37 Å². The van der Waals surface area contributed by atoms with Gasteiger partial charge in [0, 0.05) is 24.2 Å². The molecule has 1 N–H and O–H groups in total. The van der Waals surface area contributed by atoms with Gasteiger partial charge in [-0.15, -0.1) is 0 Å². The summed E-state index contributed by atoms with van der Waals surface area (Å²) >= 11 is 0. The van der Waals surface area contributed by atoms with Gasteiger partial charge in [0.05, 0.1) is 6.20 Å². The van der Waals surface area contributed by atoms with Gasteiger partial charge in [-0.1, -0.05) is 19.1 Å². The summed E-state index contributed by atoms with van der Waals surface area (Å²) in [6.07, 6.45) is 5.82. The van der Waals surface area contributed by atoms with E-state index >= 15 is 0 Å². The van der Waals surface area contributed by atoms with Crippen LogP contribution in [0.25, 0.3) is 0 Å². The zero-order valence-electron chi connectivity index (χ0n) is 16.7. The summed E-state index contributed by atoms with van der Waals surface area (Å²) in [7, 11) is 0. The van der Waals surface area contributed by atoms with Gasteiger partial charge in [0.2, 0.25) is 5.89 Å². The maximum Gasteiger partial charge on any atom is 0.275 e. The number of hydrogen-bond acceptors (Lipinski definition) is 4. The molecule has 0 bridgehead atoms. The number of benzene rings is 1. The second kappa shape index (κ2) is 8.19. The van der Waals surface area contributed by atoms with Crippen molar-refractivity contribution < 1.29 is 13.6 Å². The summed E-state index contributed by atoms with van der Waals surface area (Å²) in [4.78, 5) is 19.5. The molecule has 0 aliphatic carbocycles. The van der Waals surface area contributed by atoms with Crippen LogP contribution in [-0.2, 0) is 12.8 Å². The fraction of sp³-hybridized carbons (Fsp3) is 0.409. The molecule has 3 heterocycles. The summed E-state index contributed by atoms with van der Waals surface area (Å²) < 4.78 is 19.1. The molecule has 7 heteroatoms. The smallest absolute Gasteiger partial charge is 0.275 e. The number of carbonyl (C=O) groups is 1. The Kier molecular flexibility index (Phi) is 5.47. The van der Waals surface area contributed by atoms with Gasteiger partial charge in [-0.2, -0.15) is 5.10 Å². The maximum absolute atomic E-state index is 13.2. The highest BCUT2D eigenvalue weighted by Crippen LogP contribution is 2.32. The highest BCUT2D eigenvalue weighted by Gasteiger charge is 2.33. The average Bonchev–Trinajstić information content (AvgIpc) is 3.35. The Morgan fingerprint density at radius 3 is 2.83 bits per heavy atom. The van der Waals surface area contributed by atoms with Crippen molar-refractivity contribution in [3.63, 3.8) is 0 Å². The Balaban J connectivity index is 1.54. The van der Waals surface area contributed by atoms with Crippen LogP contribution in [0.5, 0.6) is 0 Å². The Morgan fingerprint density at radius 2 is 2.10 bits per heavy atom. The van der Waals surface area contributed by atoms with Crippen LogP contribution in [0.15, 0.2) is 34.9 Å². The third-order valence-corrected chi connectivity index (χ3v) is 5.58. The number of rotatable bonds is 5. The molecule has 3 aromatic rings. The third-order valence-electron chi connectivity index (χ3n) is 5.58. The Morgan fingerprint density at radius 1 is 1.31 bits per heavy atom. The number of piperidine rings is 1. The molecule has 1 saturated heterocycles. The van der Waals surface area contributed by atoms with Crippen molar-refractivity contribution in [3.05, 3.63) is 70.4 Å². The van der Waals surface area contributed by atoms with Crippen LogP contribution in [0.2, 0.25) is 0 Å². The quantitative estimate of drug-likeness (QED) is 0.695. The monoisotopic (exact) mass is 396 g/mol. The SMILES string of the molecule is CCc1[nH]nc(C(=O)N2CCCC[C@H]2c2ncc(Cc3ccc(F)cc3)o2)c1C. The minimum absolute atomic E-state index is 0.0820. The molecule has 1 aliphatic rings. The fourth-order valence-electron chi connectivity index (χ4n) is 3.92. The zero-order valence-corrected chi connectivity index (χ0v) is 16.7. The molecule has 1 aliphatic heterocycles. The predicted octanol–water partition coefficient (Wildman–Crippen LogP) is 4.37. The topological polar surface area (TPSA) is 75.0 Å². The number of likely N-dealkylation sites (tertiary alicyclic amines) is 1. The van der Waals surface area contributed by atoms with Crippen LogP contribution in [0, 0.1) is 12.7 Å². The first kappa shape index (κ1) is 19.4. The van der Waals surface area contributed by atoms with Crippen molar-refractivity contribution in [2.45, 2.75) is 52.0 Å². The number of nitrogens with one attached hydrogen (secondary N) is 1. The van der Waals surface area contributed by atoms with E-state index < -0.39 is 0 Å². The number of halogens is 1. The lowest BCUT2D eigenvalue weighted by Crippen LogP contribution is -2.39. The Bertz CT molecular complexity index is 993. The number of hydrogen-bond donors (Lipinski definition) is 1. The molecule has 1 aromatic carbocycles. The van der Waals surface area contributed by atoms with Gasteiger partial charge in [-0.05, 0) is 50.3 Å². The van der Waals surface area contributed by atoms with Crippen LogP contribution >= 0.6 is 0 Å². The van der Waals surface area contributed by atoms with Crippen molar-refractivity contribution >= 4 is 5.91 Å². The minimum Gasteiger partial charge on any atom is -0.443 e. The van der Waals surface area contributed by atoms with E-state index in [-0.39, 0.29) is 17.8 Å². The van der Waals surface area contributed by atoms with E-state index in [2.05, 4.69) is 15.2 Å². The number of oxazole rings is 1. The van der Waals surface area contributed by atoms with Crippen LogP contribution < -0.4 is 0 Å². The summed E-state index contributed by atoms with van der Waals surface area (Å²) in [5.41, 5.74) is 3.32. The van der Waals surface area contributed by atoms with Crippen molar-refractivity contribution in [2.75, 3.05) is 6.54 Å². The molecule has 0 saturated carbocycles. The maximum atomic E-state index is 13.2. The first-order valence-electron chi connectivity index (χ1n) is 10.1. The molecule has 4 rings (SSSR count). The fourth-order valence-corrected chi connectivity index (χ4v) is 3.92. The summed E-state index contributed by atoms with van der Waals surface area (Å²) in [5, 5.41) is 7.23. The molecule has 0 spiro atoms. The second-order valence-corrected chi connectivity index (χ2v) is 7.51. The van der Waals surface area contributed by atoms with E-state index in [9.17, 15) is 9.18 Å². The van der Waals surface area contributed by atoms with Crippen LogP contribution in [0.1, 0.15) is 71.2 Å². The zero-order chi connectivity index (χ0) is 20.4. The first-order valence-corrected chi connectivity index (χ1v) is 10.1. The number of aryl methyl sites for hydroxylation is 1. The predicted molar refractivity (Wildman–Crippen MR) is 106 cm³/mol. The lowest BCUT2D eigenvalue weighted by molar-refractivity contribution is 0.0563. The van der Waals surface area contributed by atoms with Crippen LogP contribution in [-0.4, -0.2) is 32.5 Å². The Labute approximate surface area is 169 Å². The lowest BCUT2D eigenvalue weighted by Gasteiger charge is -2.33. The molecular weight excluding hydrogens is 371 g/mol. The van der Waals surface area contributed by atoms with Crippen LogP contribution in [0.4, 0.5) is 4.39 Å². The molecule has 0 radical (unpaired) electrons. The second-order valence-electron chi connectivity index (χ2n) is 7.51. The van der Waals surface area contributed by atoms with E-state index in [1.165, 1.54) is 12.1 Å². The van der Waals surface area contributed by atoms with E-state index in [1.54, 1.807) is 18.3 Å². The van der Waals surface area contributed by atoms with Gasteiger partial charge in [-0.3, -0.25) is 9.89 Å². The molecular formula is C22H25FN4O2. The van der Waals surface area contributed by atoms with E-state index in [4.69, 9.17) is 4.42 Å². The molecule has 1 amide bonds. The number of carbonyl (C=O) groups excluding carboxylic acids is 1. The standard InChI is InChI=1S/C22H25FN4O2/c1-3-18-14(2)20(26-25-18)22(28)27-11-5-4-6-19(27)21-24-13-17(29-21)12-15-7-9-16(23)10-8-15/h7-10,13,19H,3-6,11-12H2,1-2H3,(H,25,26)/t19-/m0/s1. The molecule has 2 aromatic heterocycles. The third kappa shape index (κ3) is 3.95. The van der Waals surface area contributed by atoms with Gasteiger partial charge < -0.3 is 9.32 Å². The van der Waals surface area contributed by atoms with E-state index in [0.29, 0.717) is 30.3 Å². The average molecular weight is 396 g/mol. The number of amides is 1. The van der Waals surface area contributed by atoms with Crippen LogP contribution in [0.3, 0.4) is 0 Å². The van der Waals surface area contributed by atoms with Crippen molar-refractivity contribution in [1.82, 2.24) is 20.1 Å². The number of aromatic nitrogens is 3. The largest absolute Gasteiger partial charge is 0.443 e. The molecule has 1 fully saturated rings. The molecule has 1 atom stereocenters. The van der Waals surface area contributed by atoms with Gasteiger partial charge >= 0.3 is 0 Å². The lowest BCUT2D eigenvalue weighted by atomic mass is 10.0. The summed E-state index contributed by atoms with van der Waals surface area (Å²) in [6.45, 7) is 4.63. The van der Waals surface area contributed by atoms with Crippen molar-refractivity contribution in [3.8, 4) is 0 Å². The van der Waals surface area contributed by atoms with Crippen molar-refractivity contribution in [2.24, 2.45) is 0 Å². The normalized spacial score (nSPS) is 16.9. The Hall–Kier alpha value is -2.96. The summed E-state index contributed by atoms with van der Waals surface area (Å²) in [6, 6.07) is 6.15. The highest BCUT2D eigenvalue weighted by atomic mass is 19.1. The molecule has 152 valence electrons. The van der Waals surface area contributed by atoms with E-state index in [0.717, 1.165) is 42.5 Å². The van der Waals surface area contributed by atoms with Crippen molar-refractivity contribution in [1.29, 1.82) is 0 Å². The first-order chi connectivity index (χ1) is 14.1. The molecule has 0 unspecified atom stereocenters. The van der Waals surface area contributed by atoms with Gasteiger partial charge in [0.1, 0.15) is 17.6 Å². The molecule has 6 nitrogen and oxygen atoms in total. The number of nitrogens with zero attached hydrogens (tertiary/aromatic N) is 3. The minimum atomic E-state index is -0.261. The number of aromatic amines is 1. The number of H-pyrrole nitrogens is 1. The highest BCUT2D eigenvalue weighted by molar-refractivity contribution is 5.94. The van der Waals surface area contributed by atoms with Gasteiger partial charge in [0.15, 0.2) is 5.69 Å². The molecule has 29 heavy (non-hydrogen) atoms.